The Morgan fingerprint density at radius 1 is 1.37 bits per heavy atom. The van der Waals surface area contributed by atoms with Gasteiger partial charge in [0.15, 0.2) is 0 Å². The molecule has 2 rings (SSSR count). The number of halogens is 1. The summed E-state index contributed by atoms with van der Waals surface area (Å²) in [4.78, 5) is 4.22. The number of imidazole rings is 1. The lowest BCUT2D eigenvalue weighted by molar-refractivity contribution is 0.408. The highest BCUT2D eigenvalue weighted by Gasteiger charge is 2.21. The van der Waals surface area contributed by atoms with Gasteiger partial charge in [0.2, 0.25) is 0 Å². The Bertz CT molecular complexity index is 546. The van der Waals surface area contributed by atoms with Crippen LogP contribution in [-0.2, 0) is 18.5 Å². The Hall–Kier alpha value is -1.68. The summed E-state index contributed by atoms with van der Waals surface area (Å²) in [6.45, 7) is 5.02. The van der Waals surface area contributed by atoms with Gasteiger partial charge >= 0.3 is 0 Å². The second-order valence-corrected chi connectivity index (χ2v) is 5.23. The van der Waals surface area contributed by atoms with Gasteiger partial charge < -0.3 is 9.88 Å². The van der Waals surface area contributed by atoms with Crippen molar-refractivity contribution in [2.24, 2.45) is 0 Å². The van der Waals surface area contributed by atoms with Gasteiger partial charge in [-0.1, -0.05) is 12.1 Å². The predicted molar refractivity (Wildman–Crippen MR) is 74.4 cm³/mol. The zero-order chi connectivity index (χ0) is 13.9. The van der Waals surface area contributed by atoms with Gasteiger partial charge in [0, 0.05) is 12.7 Å². The van der Waals surface area contributed by atoms with Crippen LogP contribution in [-0.4, -0.2) is 16.6 Å². The summed E-state index contributed by atoms with van der Waals surface area (Å²) < 4.78 is 15.2. The quantitative estimate of drug-likeness (QED) is 0.897. The summed E-state index contributed by atoms with van der Waals surface area (Å²) in [5.41, 5.74) is 2.01. The molecule has 1 aromatic carbocycles. The van der Waals surface area contributed by atoms with Crippen LogP contribution in [0, 0.1) is 5.82 Å². The summed E-state index contributed by atoms with van der Waals surface area (Å²) in [7, 11) is 1.93. The Balaban J connectivity index is 2.11. The molecule has 3 nitrogen and oxygen atoms in total. The first kappa shape index (κ1) is 13.7. The van der Waals surface area contributed by atoms with E-state index in [9.17, 15) is 4.39 Å². The average molecular weight is 261 g/mol. The number of nitrogens with zero attached hydrogens (tertiary/aromatic N) is 2. The SMILES string of the molecule is CNC(C)(C)c1cncn1CCc1cccc(F)c1. The molecule has 0 saturated heterocycles. The second kappa shape index (κ2) is 5.53. The molecule has 0 unspecified atom stereocenters. The first-order valence-corrected chi connectivity index (χ1v) is 6.47. The molecule has 1 N–H and O–H groups in total. The summed E-state index contributed by atoms with van der Waals surface area (Å²) in [6, 6.07) is 6.75. The molecule has 1 aromatic heterocycles. The third kappa shape index (κ3) is 3.20. The zero-order valence-corrected chi connectivity index (χ0v) is 11.7. The van der Waals surface area contributed by atoms with Gasteiger partial charge in [-0.3, -0.25) is 0 Å². The van der Waals surface area contributed by atoms with Crippen LogP contribution < -0.4 is 5.32 Å². The minimum Gasteiger partial charge on any atom is -0.333 e. The lowest BCUT2D eigenvalue weighted by Gasteiger charge is -2.25. The first-order chi connectivity index (χ1) is 9.03. The Labute approximate surface area is 113 Å². The van der Waals surface area contributed by atoms with Gasteiger partial charge in [-0.15, -0.1) is 0 Å². The molecule has 4 heteroatoms. The van der Waals surface area contributed by atoms with Crippen molar-refractivity contribution in [1.29, 1.82) is 0 Å². The molecule has 0 aliphatic carbocycles. The van der Waals surface area contributed by atoms with Crippen LogP contribution >= 0.6 is 0 Å². The molecule has 19 heavy (non-hydrogen) atoms. The predicted octanol–water partition coefficient (Wildman–Crippen LogP) is 2.72. The molecule has 0 spiro atoms. The number of nitrogens with one attached hydrogen (secondary N) is 1. The highest BCUT2D eigenvalue weighted by molar-refractivity contribution is 5.17. The van der Waals surface area contributed by atoms with Gasteiger partial charge in [0.05, 0.1) is 17.6 Å². The molecule has 0 aliphatic heterocycles. The molecule has 0 amide bonds. The highest BCUT2D eigenvalue weighted by atomic mass is 19.1. The molecule has 0 radical (unpaired) electrons. The molecule has 1 heterocycles. The van der Waals surface area contributed by atoms with Crippen molar-refractivity contribution in [2.75, 3.05) is 7.05 Å². The number of rotatable bonds is 5. The smallest absolute Gasteiger partial charge is 0.123 e. The van der Waals surface area contributed by atoms with E-state index < -0.39 is 0 Å². The van der Waals surface area contributed by atoms with Crippen molar-refractivity contribution in [2.45, 2.75) is 32.4 Å². The van der Waals surface area contributed by atoms with Gasteiger partial charge in [-0.2, -0.15) is 0 Å². The highest BCUT2D eigenvalue weighted by Crippen LogP contribution is 2.19. The summed E-state index contributed by atoms with van der Waals surface area (Å²) in [5.74, 6) is -0.182. The lowest BCUT2D eigenvalue weighted by Crippen LogP contribution is -2.35. The first-order valence-electron chi connectivity index (χ1n) is 6.47. The number of aryl methyl sites for hydroxylation is 2. The number of hydrogen-bond acceptors (Lipinski definition) is 2. The average Bonchev–Trinajstić information content (AvgIpc) is 2.85. The lowest BCUT2D eigenvalue weighted by atomic mass is 10.0. The van der Waals surface area contributed by atoms with Crippen LogP contribution in [0.3, 0.4) is 0 Å². The van der Waals surface area contributed by atoms with Gasteiger partial charge in [-0.05, 0) is 45.0 Å². The van der Waals surface area contributed by atoms with Crippen LogP contribution in [0.4, 0.5) is 4.39 Å². The van der Waals surface area contributed by atoms with Crippen molar-refractivity contribution in [3.8, 4) is 0 Å². The summed E-state index contributed by atoms with van der Waals surface area (Å²) in [6.07, 6.45) is 4.50. The largest absolute Gasteiger partial charge is 0.333 e. The monoisotopic (exact) mass is 261 g/mol. The Morgan fingerprint density at radius 2 is 2.16 bits per heavy atom. The van der Waals surface area contributed by atoms with Crippen molar-refractivity contribution in [1.82, 2.24) is 14.9 Å². The van der Waals surface area contributed by atoms with Crippen molar-refractivity contribution >= 4 is 0 Å². The molecule has 102 valence electrons. The minimum absolute atomic E-state index is 0.127. The van der Waals surface area contributed by atoms with Gasteiger partial charge in [0.25, 0.3) is 0 Å². The fourth-order valence-corrected chi connectivity index (χ4v) is 2.09. The van der Waals surface area contributed by atoms with E-state index in [0.29, 0.717) is 0 Å². The molecule has 0 fully saturated rings. The van der Waals surface area contributed by atoms with Crippen molar-refractivity contribution < 1.29 is 4.39 Å². The third-order valence-corrected chi connectivity index (χ3v) is 3.51. The third-order valence-electron chi connectivity index (χ3n) is 3.51. The Kier molecular flexibility index (Phi) is 4.00. The van der Waals surface area contributed by atoms with E-state index in [1.165, 1.54) is 6.07 Å². The zero-order valence-electron chi connectivity index (χ0n) is 11.7. The van der Waals surface area contributed by atoms with Gasteiger partial charge in [-0.25, -0.2) is 9.37 Å². The normalized spacial score (nSPS) is 11.8. The van der Waals surface area contributed by atoms with Crippen molar-refractivity contribution in [3.05, 3.63) is 53.9 Å². The second-order valence-electron chi connectivity index (χ2n) is 5.23. The number of hydrogen-bond donors (Lipinski definition) is 1. The van der Waals surface area contributed by atoms with E-state index in [1.54, 1.807) is 12.1 Å². The standard InChI is InChI=1S/C15H20FN3/c1-15(2,17-3)14-10-18-11-19(14)8-7-12-5-4-6-13(16)9-12/h4-6,9-11,17H,7-8H2,1-3H3. The van der Waals surface area contributed by atoms with Crippen molar-refractivity contribution in [3.63, 3.8) is 0 Å². The molecular formula is C15H20FN3. The van der Waals surface area contributed by atoms with Crippen LogP contribution in [0.15, 0.2) is 36.8 Å². The van der Waals surface area contributed by atoms with E-state index in [4.69, 9.17) is 0 Å². The van der Waals surface area contributed by atoms with E-state index in [0.717, 1.165) is 24.2 Å². The van der Waals surface area contributed by atoms with E-state index >= 15 is 0 Å². The number of aromatic nitrogens is 2. The molecule has 0 atom stereocenters. The minimum atomic E-state index is -0.182. The van der Waals surface area contributed by atoms with Crippen LogP contribution in [0.5, 0.6) is 0 Å². The fraction of sp³-hybridized carbons (Fsp3) is 0.400. The topological polar surface area (TPSA) is 29.9 Å². The van der Waals surface area contributed by atoms with E-state index in [1.807, 2.05) is 25.6 Å². The number of benzene rings is 1. The van der Waals surface area contributed by atoms with E-state index in [-0.39, 0.29) is 11.4 Å². The van der Waals surface area contributed by atoms with Crippen LogP contribution in [0.2, 0.25) is 0 Å². The molecule has 0 saturated carbocycles. The maximum absolute atomic E-state index is 13.1. The molecule has 0 bridgehead atoms. The summed E-state index contributed by atoms with van der Waals surface area (Å²) in [5, 5.41) is 3.27. The molecule has 2 aromatic rings. The fourth-order valence-electron chi connectivity index (χ4n) is 2.09. The molecule has 0 aliphatic rings. The van der Waals surface area contributed by atoms with E-state index in [2.05, 4.69) is 28.7 Å². The molecular weight excluding hydrogens is 241 g/mol. The maximum atomic E-state index is 13.1. The van der Waals surface area contributed by atoms with Crippen LogP contribution in [0.25, 0.3) is 0 Å². The van der Waals surface area contributed by atoms with Crippen LogP contribution in [0.1, 0.15) is 25.1 Å². The Morgan fingerprint density at radius 3 is 2.84 bits per heavy atom. The van der Waals surface area contributed by atoms with Gasteiger partial charge in [0.1, 0.15) is 5.82 Å². The maximum Gasteiger partial charge on any atom is 0.123 e. The summed E-state index contributed by atoms with van der Waals surface area (Å²) >= 11 is 0.